The summed E-state index contributed by atoms with van der Waals surface area (Å²) in [6, 6.07) is 5.50. The Hall–Kier alpha value is -3.29. The van der Waals surface area contributed by atoms with Gasteiger partial charge in [-0.1, -0.05) is 6.07 Å². The predicted molar refractivity (Wildman–Crippen MR) is 101 cm³/mol. The molecule has 1 aliphatic heterocycles. The van der Waals surface area contributed by atoms with Crippen LogP contribution in [0.25, 0.3) is 6.08 Å². The topological polar surface area (TPSA) is 79.8 Å². The molecule has 0 saturated heterocycles. The third kappa shape index (κ3) is 3.85. The summed E-state index contributed by atoms with van der Waals surface area (Å²) in [6.45, 7) is 0.221. The molecule has 26 heavy (non-hydrogen) atoms. The van der Waals surface area contributed by atoms with Crippen molar-refractivity contribution in [3.8, 4) is 11.5 Å². The number of hydrogen-bond acceptors (Lipinski definition) is 7. The molecule has 3 rings (SSSR count). The molecule has 1 N–H and O–H groups in total. The lowest BCUT2D eigenvalue weighted by Gasteiger charge is -2.18. The number of hydrogen-bond donors (Lipinski definition) is 1. The summed E-state index contributed by atoms with van der Waals surface area (Å²) in [6.07, 6.45) is 4.77. The van der Waals surface area contributed by atoms with Gasteiger partial charge in [0.05, 0.1) is 6.20 Å². The minimum absolute atomic E-state index is 0.221. The van der Waals surface area contributed by atoms with E-state index >= 15 is 0 Å². The fourth-order valence-corrected chi connectivity index (χ4v) is 2.37. The van der Waals surface area contributed by atoms with Gasteiger partial charge in [-0.25, -0.2) is 4.98 Å². The number of nitrogens with zero attached hydrogens (tertiary/aromatic N) is 4. The summed E-state index contributed by atoms with van der Waals surface area (Å²) in [5.74, 6) is 2.32. The monoisotopic (exact) mass is 355 g/mol. The highest BCUT2D eigenvalue weighted by molar-refractivity contribution is 6.03. The predicted octanol–water partition coefficient (Wildman–Crippen LogP) is 1.99. The smallest absolute Gasteiger partial charge is 0.248 e. The Morgan fingerprint density at radius 2 is 1.92 bits per heavy atom. The molecule has 136 valence electrons. The molecule has 2 heterocycles. The average Bonchev–Trinajstić information content (AvgIpc) is 3.07. The van der Waals surface area contributed by atoms with Crippen molar-refractivity contribution in [1.82, 2.24) is 9.97 Å². The van der Waals surface area contributed by atoms with Crippen molar-refractivity contribution < 1.29 is 14.3 Å². The second-order valence-corrected chi connectivity index (χ2v) is 6.13. The highest BCUT2D eigenvalue weighted by Gasteiger charge is 2.13. The summed E-state index contributed by atoms with van der Waals surface area (Å²) >= 11 is 0. The second kappa shape index (κ2) is 7.30. The Balaban J connectivity index is 1.73. The molecule has 0 spiro atoms. The summed E-state index contributed by atoms with van der Waals surface area (Å²) < 4.78 is 10.6. The average molecular weight is 355 g/mol. The highest BCUT2D eigenvalue weighted by Crippen LogP contribution is 2.32. The second-order valence-electron chi connectivity index (χ2n) is 6.13. The molecule has 0 unspecified atom stereocenters. The maximum atomic E-state index is 12.3. The van der Waals surface area contributed by atoms with Crippen molar-refractivity contribution >= 4 is 29.4 Å². The van der Waals surface area contributed by atoms with E-state index in [0.717, 1.165) is 5.56 Å². The van der Waals surface area contributed by atoms with Gasteiger partial charge in [0.25, 0.3) is 0 Å². The molecule has 1 amide bonds. The molecule has 0 fully saturated rings. The summed E-state index contributed by atoms with van der Waals surface area (Å²) in [4.78, 5) is 24.6. The lowest BCUT2D eigenvalue weighted by molar-refractivity contribution is -0.111. The molecule has 1 aromatic heterocycles. The number of amides is 1. The van der Waals surface area contributed by atoms with Crippen LogP contribution in [0.3, 0.4) is 0 Å². The van der Waals surface area contributed by atoms with Crippen molar-refractivity contribution in [2.75, 3.05) is 50.1 Å². The molecular formula is C18H21N5O3. The Morgan fingerprint density at radius 1 is 1.15 bits per heavy atom. The zero-order valence-electron chi connectivity index (χ0n) is 15.2. The number of fused-ring (bicyclic) bond motifs is 1. The van der Waals surface area contributed by atoms with Crippen LogP contribution in [0.2, 0.25) is 0 Å². The van der Waals surface area contributed by atoms with E-state index in [1.54, 1.807) is 17.2 Å². The van der Waals surface area contributed by atoms with Crippen molar-refractivity contribution in [3.05, 3.63) is 36.0 Å². The largest absolute Gasteiger partial charge is 0.454 e. The summed E-state index contributed by atoms with van der Waals surface area (Å²) in [5.41, 5.74) is 1.39. The van der Waals surface area contributed by atoms with Crippen LogP contribution in [0.5, 0.6) is 11.5 Å². The van der Waals surface area contributed by atoms with E-state index in [0.29, 0.717) is 29.0 Å². The molecular weight excluding hydrogens is 334 g/mol. The van der Waals surface area contributed by atoms with E-state index in [9.17, 15) is 4.79 Å². The number of rotatable bonds is 5. The number of anilines is 3. The van der Waals surface area contributed by atoms with Gasteiger partial charge in [-0.2, -0.15) is 4.98 Å². The van der Waals surface area contributed by atoms with E-state index in [2.05, 4.69) is 15.3 Å². The van der Waals surface area contributed by atoms with Gasteiger partial charge in [-0.05, 0) is 23.8 Å². The van der Waals surface area contributed by atoms with Gasteiger partial charge < -0.3 is 24.6 Å². The lowest BCUT2D eigenvalue weighted by Crippen LogP contribution is -2.20. The van der Waals surface area contributed by atoms with E-state index in [1.165, 1.54) is 6.08 Å². The molecule has 0 radical (unpaired) electrons. The van der Waals surface area contributed by atoms with E-state index in [1.807, 2.05) is 51.3 Å². The van der Waals surface area contributed by atoms with Crippen molar-refractivity contribution in [3.63, 3.8) is 0 Å². The van der Waals surface area contributed by atoms with Gasteiger partial charge in [-0.15, -0.1) is 0 Å². The van der Waals surface area contributed by atoms with Crippen LogP contribution in [0.1, 0.15) is 5.56 Å². The zero-order valence-corrected chi connectivity index (χ0v) is 15.2. The third-order valence-corrected chi connectivity index (χ3v) is 3.66. The van der Waals surface area contributed by atoms with E-state index in [-0.39, 0.29) is 12.7 Å². The van der Waals surface area contributed by atoms with Gasteiger partial charge in [0.1, 0.15) is 5.69 Å². The van der Waals surface area contributed by atoms with Crippen LogP contribution in [-0.4, -0.2) is 50.9 Å². The Bertz CT molecular complexity index is 849. The quantitative estimate of drug-likeness (QED) is 0.822. The highest BCUT2D eigenvalue weighted by atomic mass is 16.7. The molecule has 1 aliphatic rings. The molecule has 8 nitrogen and oxygen atoms in total. The van der Waals surface area contributed by atoms with E-state index in [4.69, 9.17) is 9.47 Å². The van der Waals surface area contributed by atoms with Crippen LogP contribution in [0.15, 0.2) is 30.5 Å². The van der Waals surface area contributed by atoms with Gasteiger partial charge in [0.15, 0.2) is 17.3 Å². The van der Waals surface area contributed by atoms with Crippen LogP contribution in [-0.2, 0) is 4.79 Å². The lowest BCUT2D eigenvalue weighted by atomic mass is 10.2. The maximum absolute atomic E-state index is 12.3. The van der Waals surface area contributed by atoms with Crippen molar-refractivity contribution in [1.29, 1.82) is 0 Å². The third-order valence-electron chi connectivity index (χ3n) is 3.66. The number of benzene rings is 1. The Labute approximate surface area is 152 Å². The minimum atomic E-state index is -0.271. The maximum Gasteiger partial charge on any atom is 0.248 e. The molecule has 0 atom stereocenters. The van der Waals surface area contributed by atoms with Crippen LogP contribution in [0, 0.1) is 0 Å². The first kappa shape index (κ1) is 17.5. The minimum Gasteiger partial charge on any atom is -0.454 e. The molecule has 1 aromatic carbocycles. The number of carbonyl (C=O) groups is 1. The summed E-state index contributed by atoms with van der Waals surface area (Å²) in [5, 5.41) is 2.81. The van der Waals surface area contributed by atoms with Gasteiger partial charge in [0.2, 0.25) is 18.6 Å². The van der Waals surface area contributed by atoms with Crippen LogP contribution < -0.4 is 24.6 Å². The zero-order chi connectivity index (χ0) is 18.7. The number of aromatic nitrogens is 2. The molecule has 8 heteroatoms. The standard InChI is InChI=1S/C18H21N5O3/c1-22(2)17-13(10-19-18(21-17)23(3)4)20-16(24)8-6-12-5-7-14-15(9-12)26-11-25-14/h5-10H,11H2,1-4H3,(H,20,24)/b8-6+. The molecule has 0 bridgehead atoms. The van der Waals surface area contributed by atoms with E-state index < -0.39 is 0 Å². The Kier molecular flexibility index (Phi) is 4.92. The fraction of sp³-hybridized carbons (Fsp3) is 0.278. The van der Waals surface area contributed by atoms with Crippen LogP contribution >= 0.6 is 0 Å². The van der Waals surface area contributed by atoms with Gasteiger partial charge >= 0.3 is 0 Å². The molecule has 0 aliphatic carbocycles. The Morgan fingerprint density at radius 3 is 2.65 bits per heavy atom. The first-order chi connectivity index (χ1) is 12.4. The van der Waals surface area contributed by atoms with Crippen molar-refractivity contribution in [2.24, 2.45) is 0 Å². The SMILES string of the molecule is CN(C)c1ncc(NC(=O)/C=C/c2ccc3c(c2)OCO3)c(N(C)C)n1. The normalized spacial score (nSPS) is 12.3. The number of carbonyl (C=O) groups excluding carboxylic acids is 1. The fourth-order valence-electron chi connectivity index (χ4n) is 2.37. The van der Waals surface area contributed by atoms with Gasteiger partial charge in [-0.3, -0.25) is 4.79 Å². The number of nitrogens with one attached hydrogen (secondary N) is 1. The van der Waals surface area contributed by atoms with Crippen molar-refractivity contribution in [2.45, 2.75) is 0 Å². The van der Waals surface area contributed by atoms with Gasteiger partial charge in [0, 0.05) is 34.3 Å². The number of ether oxygens (including phenoxy) is 2. The molecule has 2 aromatic rings. The summed E-state index contributed by atoms with van der Waals surface area (Å²) in [7, 11) is 7.45. The first-order valence-corrected chi connectivity index (χ1v) is 8.04. The molecule has 0 saturated carbocycles. The van der Waals surface area contributed by atoms with Crippen LogP contribution in [0.4, 0.5) is 17.5 Å². The first-order valence-electron chi connectivity index (χ1n) is 8.04.